The van der Waals surface area contributed by atoms with Crippen LogP contribution in [0.25, 0.3) is 0 Å². The van der Waals surface area contributed by atoms with Crippen molar-refractivity contribution >= 4 is 31.4 Å². The molecule has 0 saturated heterocycles. The fraction of sp³-hybridized carbons (Fsp3) is 0.818. The van der Waals surface area contributed by atoms with E-state index in [0.717, 1.165) is 12.2 Å². The van der Waals surface area contributed by atoms with Crippen molar-refractivity contribution < 1.29 is 9.59 Å². The second-order valence-electron chi connectivity index (χ2n) is 3.70. The lowest BCUT2D eigenvalue weighted by Gasteiger charge is -2.30. The van der Waals surface area contributed by atoms with E-state index in [9.17, 15) is 9.59 Å². The van der Waals surface area contributed by atoms with Gasteiger partial charge >= 0.3 is 0 Å². The smallest absolute Gasteiger partial charge is 0.242 e. The average molecular weight is 256 g/mol. The van der Waals surface area contributed by atoms with Crippen molar-refractivity contribution in [1.82, 2.24) is 10.2 Å². The first-order valence-corrected chi connectivity index (χ1v) is 7.21. The molecule has 96 valence electrons. The summed E-state index contributed by atoms with van der Waals surface area (Å²) in [5.74, 6) is 0.562. The van der Waals surface area contributed by atoms with Crippen LogP contribution in [0.15, 0.2) is 0 Å². The molecule has 0 aromatic rings. The van der Waals surface area contributed by atoms with E-state index >= 15 is 0 Å². The summed E-state index contributed by atoms with van der Waals surface area (Å²) in [4.78, 5) is 25.1. The molecule has 0 saturated carbocycles. The van der Waals surface area contributed by atoms with Crippen molar-refractivity contribution in [2.24, 2.45) is 0 Å². The first-order valence-electron chi connectivity index (χ1n) is 5.82. The van der Waals surface area contributed by atoms with Crippen LogP contribution in [0, 0.1) is 0 Å². The molecule has 1 unspecified atom stereocenters. The fourth-order valence-electron chi connectivity index (χ4n) is 1.64. The molecule has 0 aliphatic rings. The van der Waals surface area contributed by atoms with E-state index in [2.05, 4.69) is 5.32 Å². The van der Waals surface area contributed by atoms with Crippen LogP contribution in [0.3, 0.4) is 0 Å². The number of hydrogen-bond donors (Lipinski definition) is 1. The molecule has 0 aromatic carbocycles. The Morgan fingerprint density at radius 2 is 2.12 bits per heavy atom. The minimum atomic E-state index is -0.400. The van der Waals surface area contributed by atoms with Gasteiger partial charge in [0.05, 0.1) is 7.85 Å². The largest absolute Gasteiger partial charge is 0.357 e. The molecule has 0 aliphatic carbocycles. The number of amides is 2. The fourth-order valence-corrected chi connectivity index (χ4v) is 2.10. The highest BCUT2D eigenvalue weighted by atomic mass is 32.2. The lowest BCUT2D eigenvalue weighted by atomic mass is 10.0. The third-order valence-corrected chi connectivity index (χ3v) is 3.12. The lowest BCUT2D eigenvalue weighted by Crippen LogP contribution is -2.49. The van der Waals surface area contributed by atoms with E-state index in [-0.39, 0.29) is 18.1 Å². The number of hydrogen-bond acceptors (Lipinski definition) is 3. The topological polar surface area (TPSA) is 49.4 Å². The molecule has 17 heavy (non-hydrogen) atoms. The van der Waals surface area contributed by atoms with Crippen LogP contribution in [0.2, 0.25) is 6.32 Å². The molecule has 0 fully saturated rings. The van der Waals surface area contributed by atoms with Gasteiger partial charge in [0.15, 0.2) is 0 Å². The summed E-state index contributed by atoms with van der Waals surface area (Å²) in [6, 6.07) is -0.400. The van der Waals surface area contributed by atoms with Crippen LogP contribution >= 0.6 is 11.8 Å². The van der Waals surface area contributed by atoms with Crippen LogP contribution in [-0.2, 0) is 9.59 Å². The van der Waals surface area contributed by atoms with Gasteiger partial charge in [0.2, 0.25) is 11.8 Å². The number of carbonyl (C=O) groups excluding carboxylic acids is 2. The van der Waals surface area contributed by atoms with Gasteiger partial charge in [-0.1, -0.05) is 6.92 Å². The number of nitrogens with zero attached hydrogens (tertiary/aromatic N) is 1. The molecule has 0 heterocycles. The van der Waals surface area contributed by atoms with Crippen molar-refractivity contribution in [2.45, 2.75) is 32.1 Å². The minimum Gasteiger partial charge on any atom is -0.357 e. The Hall–Kier alpha value is -0.645. The number of nitrogens with one attached hydrogen (secondary N) is 1. The van der Waals surface area contributed by atoms with Gasteiger partial charge in [-0.25, -0.2) is 0 Å². The molecule has 0 aliphatic heterocycles. The molecule has 0 rings (SSSR count). The van der Waals surface area contributed by atoms with E-state index in [4.69, 9.17) is 7.85 Å². The predicted molar refractivity (Wildman–Crippen MR) is 73.4 cm³/mol. The lowest BCUT2D eigenvalue weighted by molar-refractivity contribution is -0.138. The van der Waals surface area contributed by atoms with Crippen molar-refractivity contribution in [1.29, 1.82) is 0 Å². The van der Waals surface area contributed by atoms with Crippen LogP contribution in [0.1, 0.15) is 19.8 Å². The van der Waals surface area contributed by atoms with Gasteiger partial charge in [-0.15, -0.1) is 0 Å². The van der Waals surface area contributed by atoms with Crippen molar-refractivity contribution in [2.75, 3.05) is 25.6 Å². The molecular formula is C11H21BN2O2S. The quantitative estimate of drug-likeness (QED) is 0.650. The van der Waals surface area contributed by atoms with E-state index in [0.29, 0.717) is 13.0 Å². The third-order valence-electron chi connectivity index (χ3n) is 2.48. The maximum Gasteiger partial charge on any atom is 0.242 e. The van der Waals surface area contributed by atoms with Gasteiger partial charge in [0.1, 0.15) is 6.04 Å². The molecule has 4 nitrogen and oxygen atoms in total. The number of rotatable bonds is 8. The Morgan fingerprint density at radius 3 is 2.53 bits per heavy atom. The maximum atomic E-state index is 11.8. The van der Waals surface area contributed by atoms with E-state index in [1.165, 1.54) is 0 Å². The molecule has 0 bridgehead atoms. The van der Waals surface area contributed by atoms with E-state index in [1.807, 2.05) is 13.2 Å². The summed E-state index contributed by atoms with van der Waals surface area (Å²) in [6.45, 7) is 2.55. The van der Waals surface area contributed by atoms with E-state index in [1.54, 1.807) is 23.7 Å². The normalized spacial score (nSPS) is 11.9. The zero-order valence-electron chi connectivity index (χ0n) is 10.9. The van der Waals surface area contributed by atoms with Crippen LogP contribution < -0.4 is 5.32 Å². The van der Waals surface area contributed by atoms with Crippen molar-refractivity contribution in [3.63, 3.8) is 0 Å². The Kier molecular flexibility index (Phi) is 9.04. The summed E-state index contributed by atoms with van der Waals surface area (Å²) in [7, 11) is 6.97. The summed E-state index contributed by atoms with van der Waals surface area (Å²) in [5, 5.41) is 2.61. The molecule has 0 aromatic heterocycles. The Morgan fingerprint density at radius 1 is 1.47 bits per heavy atom. The molecule has 1 atom stereocenters. The third kappa shape index (κ3) is 5.48. The van der Waals surface area contributed by atoms with Crippen LogP contribution in [0.5, 0.6) is 0 Å². The predicted octanol–water partition coefficient (Wildman–Crippen LogP) is 0.679. The molecular weight excluding hydrogens is 235 g/mol. The molecule has 1 N–H and O–H groups in total. The summed E-state index contributed by atoms with van der Waals surface area (Å²) in [5.41, 5.74) is 0. The Labute approximate surface area is 109 Å². The molecule has 6 heteroatoms. The van der Waals surface area contributed by atoms with Crippen molar-refractivity contribution in [3.05, 3.63) is 0 Å². The Balaban J connectivity index is 4.78. The first kappa shape index (κ1) is 16.4. The molecule has 2 amide bonds. The van der Waals surface area contributed by atoms with Crippen LogP contribution in [-0.4, -0.2) is 56.2 Å². The summed E-state index contributed by atoms with van der Waals surface area (Å²) >= 11 is 1.66. The minimum absolute atomic E-state index is 0.0488. The monoisotopic (exact) mass is 256 g/mol. The van der Waals surface area contributed by atoms with Crippen LogP contribution in [0.4, 0.5) is 0 Å². The summed E-state index contributed by atoms with van der Waals surface area (Å²) in [6.07, 6.45) is 3.41. The highest BCUT2D eigenvalue weighted by Crippen LogP contribution is 2.11. The molecule has 0 spiro atoms. The number of likely N-dealkylation sites (N-methyl/N-ethyl adjacent to an activating group) is 1. The highest BCUT2D eigenvalue weighted by Gasteiger charge is 2.26. The Bertz CT molecular complexity index is 252. The van der Waals surface area contributed by atoms with Gasteiger partial charge in [0.25, 0.3) is 0 Å². The zero-order valence-corrected chi connectivity index (χ0v) is 11.7. The number of thioether (sulfide) groups is 1. The van der Waals surface area contributed by atoms with Gasteiger partial charge in [-0.05, 0) is 31.2 Å². The average Bonchev–Trinajstić information content (AvgIpc) is 2.36. The zero-order chi connectivity index (χ0) is 13.3. The SMILES string of the molecule is [B]CC(=O)N(CCC)C(CCSC)C(=O)NC. The van der Waals surface area contributed by atoms with Gasteiger partial charge in [-0.2, -0.15) is 11.8 Å². The second-order valence-corrected chi connectivity index (χ2v) is 4.69. The first-order chi connectivity index (χ1) is 8.12. The highest BCUT2D eigenvalue weighted by molar-refractivity contribution is 7.98. The molecule has 2 radical (unpaired) electrons. The number of carbonyl (C=O) groups is 2. The van der Waals surface area contributed by atoms with Gasteiger partial charge < -0.3 is 10.2 Å². The van der Waals surface area contributed by atoms with Crippen molar-refractivity contribution in [3.8, 4) is 0 Å². The second kappa shape index (κ2) is 9.39. The van der Waals surface area contributed by atoms with Gasteiger partial charge in [-0.3, -0.25) is 9.59 Å². The standard InChI is InChI=1S/C11H21BN2O2S/c1-4-6-14(10(15)8-12)9(5-7-17-3)11(16)13-2/h9H,4-8H2,1-3H3,(H,13,16). The van der Waals surface area contributed by atoms with Gasteiger partial charge in [0, 0.05) is 13.6 Å². The maximum absolute atomic E-state index is 11.8. The van der Waals surface area contributed by atoms with E-state index < -0.39 is 6.04 Å². The summed E-state index contributed by atoms with van der Waals surface area (Å²) < 4.78 is 0.